The summed E-state index contributed by atoms with van der Waals surface area (Å²) in [6.07, 6.45) is 0. The van der Waals surface area contributed by atoms with Crippen molar-refractivity contribution in [2.45, 2.75) is 6.61 Å². The average molecular weight is 369 g/mol. The smallest absolute Gasteiger partial charge is 0.127 e. The SMILES string of the molecule is Clc1c(-c2ccc(-c3ccccc3)cc2)ccc2c1-c1ccccc1OC2. The van der Waals surface area contributed by atoms with Crippen LogP contribution in [-0.4, -0.2) is 0 Å². The van der Waals surface area contributed by atoms with Gasteiger partial charge >= 0.3 is 0 Å². The van der Waals surface area contributed by atoms with Crippen molar-refractivity contribution in [1.29, 1.82) is 0 Å². The average Bonchev–Trinajstić information content (AvgIpc) is 2.74. The van der Waals surface area contributed by atoms with Crippen molar-refractivity contribution in [3.05, 3.63) is 102 Å². The van der Waals surface area contributed by atoms with E-state index in [1.165, 1.54) is 11.1 Å². The first kappa shape index (κ1) is 16.2. The van der Waals surface area contributed by atoms with Gasteiger partial charge in [-0.15, -0.1) is 0 Å². The topological polar surface area (TPSA) is 9.23 Å². The predicted molar refractivity (Wildman–Crippen MR) is 112 cm³/mol. The molecule has 1 nitrogen and oxygen atoms in total. The summed E-state index contributed by atoms with van der Waals surface area (Å²) < 4.78 is 5.86. The summed E-state index contributed by atoms with van der Waals surface area (Å²) in [5.41, 5.74) is 7.86. The zero-order valence-corrected chi connectivity index (χ0v) is 15.4. The molecule has 0 unspecified atom stereocenters. The van der Waals surface area contributed by atoms with Crippen LogP contribution in [0, 0.1) is 0 Å². The lowest BCUT2D eigenvalue weighted by molar-refractivity contribution is 0.302. The van der Waals surface area contributed by atoms with Gasteiger partial charge in [-0.1, -0.05) is 96.5 Å². The van der Waals surface area contributed by atoms with Gasteiger partial charge in [0, 0.05) is 16.7 Å². The number of fused-ring (bicyclic) bond motifs is 3. The summed E-state index contributed by atoms with van der Waals surface area (Å²) in [5, 5.41) is 0.788. The van der Waals surface area contributed by atoms with Gasteiger partial charge in [0.2, 0.25) is 0 Å². The summed E-state index contributed by atoms with van der Waals surface area (Å²) in [6.45, 7) is 0.555. The molecular formula is C25H17ClO. The summed E-state index contributed by atoms with van der Waals surface area (Å²) in [4.78, 5) is 0. The minimum Gasteiger partial charge on any atom is -0.488 e. The highest BCUT2D eigenvalue weighted by atomic mass is 35.5. The maximum absolute atomic E-state index is 6.89. The van der Waals surface area contributed by atoms with Crippen LogP contribution in [0.1, 0.15) is 5.56 Å². The van der Waals surface area contributed by atoms with Crippen molar-refractivity contribution in [3.8, 4) is 39.1 Å². The molecule has 0 fully saturated rings. The van der Waals surface area contributed by atoms with E-state index in [1.54, 1.807) is 0 Å². The van der Waals surface area contributed by atoms with Gasteiger partial charge in [-0.05, 0) is 28.3 Å². The van der Waals surface area contributed by atoms with Crippen LogP contribution < -0.4 is 4.74 Å². The van der Waals surface area contributed by atoms with Crippen LogP contribution in [0.3, 0.4) is 0 Å². The fourth-order valence-electron chi connectivity index (χ4n) is 3.68. The number of para-hydroxylation sites is 1. The van der Waals surface area contributed by atoms with Crippen molar-refractivity contribution < 1.29 is 4.74 Å². The third kappa shape index (κ3) is 2.81. The summed E-state index contributed by atoms with van der Waals surface area (Å²) in [5.74, 6) is 0.892. The van der Waals surface area contributed by atoms with Crippen LogP contribution in [0.4, 0.5) is 0 Å². The monoisotopic (exact) mass is 368 g/mol. The summed E-state index contributed by atoms with van der Waals surface area (Å²) in [6, 6.07) is 31.3. The molecule has 1 heterocycles. The number of rotatable bonds is 2. The van der Waals surface area contributed by atoms with Crippen molar-refractivity contribution in [2.75, 3.05) is 0 Å². The standard InChI is InChI=1S/C25H17ClO/c26-25-21(19-12-10-18(11-13-19)17-6-2-1-3-7-17)15-14-20-16-27-23-9-5-4-8-22(23)24(20)25/h1-15H,16H2. The van der Waals surface area contributed by atoms with E-state index in [1.807, 2.05) is 24.3 Å². The van der Waals surface area contributed by atoms with Crippen LogP contribution in [0.5, 0.6) is 5.75 Å². The Morgan fingerprint density at radius 2 is 1.26 bits per heavy atom. The lowest BCUT2D eigenvalue weighted by Crippen LogP contribution is -2.06. The van der Waals surface area contributed by atoms with Crippen molar-refractivity contribution >= 4 is 11.6 Å². The third-order valence-corrected chi connectivity index (χ3v) is 5.46. The lowest BCUT2D eigenvalue weighted by atomic mass is 9.92. The molecular weight excluding hydrogens is 352 g/mol. The first-order valence-electron chi connectivity index (χ1n) is 9.01. The lowest BCUT2D eigenvalue weighted by Gasteiger charge is -2.23. The van der Waals surface area contributed by atoms with E-state index in [0.29, 0.717) is 6.61 Å². The van der Waals surface area contributed by atoms with Crippen molar-refractivity contribution in [1.82, 2.24) is 0 Å². The summed E-state index contributed by atoms with van der Waals surface area (Å²) in [7, 11) is 0. The molecule has 1 aliphatic heterocycles. The Morgan fingerprint density at radius 3 is 2.07 bits per heavy atom. The van der Waals surface area contributed by atoms with E-state index in [9.17, 15) is 0 Å². The molecule has 27 heavy (non-hydrogen) atoms. The van der Waals surface area contributed by atoms with Gasteiger partial charge in [0.25, 0.3) is 0 Å². The van der Waals surface area contributed by atoms with E-state index in [2.05, 4.69) is 66.7 Å². The molecule has 0 aromatic heterocycles. The van der Waals surface area contributed by atoms with Crippen LogP contribution in [0.2, 0.25) is 5.02 Å². The van der Waals surface area contributed by atoms with Gasteiger partial charge in [-0.2, -0.15) is 0 Å². The molecule has 0 spiro atoms. The van der Waals surface area contributed by atoms with Crippen LogP contribution in [-0.2, 0) is 6.61 Å². The zero-order valence-electron chi connectivity index (χ0n) is 14.7. The molecule has 0 bridgehead atoms. The second-order valence-corrected chi connectivity index (χ2v) is 7.07. The molecule has 0 aliphatic carbocycles. The Hall–Kier alpha value is -3.03. The highest BCUT2D eigenvalue weighted by molar-refractivity contribution is 6.36. The van der Waals surface area contributed by atoms with Gasteiger partial charge < -0.3 is 4.74 Å². The molecule has 130 valence electrons. The van der Waals surface area contributed by atoms with Gasteiger partial charge in [0.15, 0.2) is 0 Å². The molecule has 0 saturated heterocycles. The maximum atomic E-state index is 6.89. The molecule has 4 aromatic carbocycles. The van der Waals surface area contributed by atoms with Crippen LogP contribution >= 0.6 is 11.6 Å². The molecule has 2 heteroatoms. The first-order chi connectivity index (χ1) is 13.3. The Kier molecular flexibility index (Phi) is 3.95. The van der Waals surface area contributed by atoms with E-state index < -0.39 is 0 Å². The zero-order chi connectivity index (χ0) is 18.2. The Bertz CT molecular complexity index is 1110. The number of hydrogen-bond donors (Lipinski definition) is 0. The number of benzene rings is 4. The molecule has 5 rings (SSSR count). The highest BCUT2D eigenvalue weighted by Gasteiger charge is 2.21. The third-order valence-electron chi connectivity index (χ3n) is 5.07. The molecule has 0 N–H and O–H groups in total. The molecule has 0 amide bonds. The second-order valence-electron chi connectivity index (χ2n) is 6.69. The van der Waals surface area contributed by atoms with E-state index >= 15 is 0 Å². The van der Waals surface area contributed by atoms with Crippen molar-refractivity contribution in [2.24, 2.45) is 0 Å². The van der Waals surface area contributed by atoms with Crippen LogP contribution in [0.25, 0.3) is 33.4 Å². The van der Waals surface area contributed by atoms with E-state index in [4.69, 9.17) is 16.3 Å². The van der Waals surface area contributed by atoms with Gasteiger partial charge in [0.05, 0.1) is 5.02 Å². The van der Waals surface area contributed by atoms with Gasteiger partial charge in [-0.3, -0.25) is 0 Å². The molecule has 0 radical (unpaired) electrons. The maximum Gasteiger partial charge on any atom is 0.127 e. The minimum atomic E-state index is 0.555. The largest absolute Gasteiger partial charge is 0.488 e. The van der Waals surface area contributed by atoms with Gasteiger partial charge in [0.1, 0.15) is 12.4 Å². The second kappa shape index (κ2) is 6.61. The number of hydrogen-bond acceptors (Lipinski definition) is 1. The normalized spacial score (nSPS) is 12.0. The fraction of sp³-hybridized carbons (Fsp3) is 0.0400. The van der Waals surface area contributed by atoms with Crippen LogP contribution in [0.15, 0.2) is 91.0 Å². The molecule has 1 aliphatic rings. The number of halogens is 1. The Morgan fingerprint density at radius 1 is 0.593 bits per heavy atom. The highest BCUT2D eigenvalue weighted by Crippen LogP contribution is 2.45. The van der Waals surface area contributed by atoms with E-state index in [-0.39, 0.29) is 0 Å². The molecule has 0 atom stereocenters. The number of ether oxygens (including phenoxy) is 1. The minimum absolute atomic E-state index is 0.555. The first-order valence-corrected chi connectivity index (χ1v) is 9.38. The quantitative estimate of drug-likeness (QED) is 0.362. The van der Waals surface area contributed by atoms with Gasteiger partial charge in [-0.25, -0.2) is 0 Å². The Balaban J connectivity index is 1.59. The van der Waals surface area contributed by atoms with E-state index in [0.717, 1.165) is 38.6 Å². The van der Waals surface area contributed by atoms with Crippen molar-refractivity contribution in [3.63, 3.8) is 0 Å². The molecule has 4 aromatic rings. The Labute approximate surface area is 163 Å². The fourth-order valence-corrected chi connectivity index (χ4v) is 4.07. The predicted octanol–water partition coefficient (Wildman–Crippen LogP) is 7.23. The molecule has 0 saturated carbocycles. The summed E-state index contributed by atoms with van der Waals surface area (Å²) >= 11 is 6.89.